The van der Waals surface area contributed by atoms with Crippen molar-refractivity contribution in [3.8, 4) is 11.1 Å². The fourth-order valence-electron chi connectivity index (χ4n) is 3.89. The van der Waals surface area contributed by atoms with E-state index in [-0.39, 0.29) is 37.8 Å². The lowest BCUT2D eigenvalue weighted by Gasteiger charge is -2.26. The highest BCUT2D eigenvalue weighted by molar-refractivity contribution is 5.80. The first-order valence-electron chi connectivity index (χ1n) is 10.5. The van der Waals surface area contributed by atoms with E-state index >= 15 is 0 Å². The normalized spacial score (nSPS) is 13.6. The highest BCUT2D eigenvalue weighted by Gasteiger charge is 2.30. The molecule has 2 amide bonds. The number of alkyl carbamates (subject to hydrolysis) is 1. The number of hydrogen-bond acceptors (Lipinski definition) is 5. The van der Waals surface area contributed by atoms with E-state index in [4.69, 9.17) is 9.84 Å². The van der Waals surface area contributed by atoms with Crippen molar-refractivity contribution in [2.24, 2.45) is 0 Å². The quantitative estimate of drug-likeness (QED) is 0.475. The number of carbonyl (C=O) groups is 3. The largest absolute Gasteiger partial charge is 0.479 e. The van der Waals surface area contributed by atoms with Gasteiger partial charge >= 0.3 is 12.1 Å². The Morgan fingerprint density at radius 1 is 1.03 bits per heavy atom. The number of aliphatic hydroxyl groups excluding tert-OH is 1. The molecule has 0 aliphatic heterocycles. The SMILES string of the molecule is CC(C)(CC(=O)NCCC(O)C(=O)O)NC(=O)OCC1c2ccccc2-c2ccccc21. The minimum atomic E-state index is -1.53. The number of aliphatic hydroxyl groups is 1. The van der Waals surface area contributed by atoms with Crippen molar-refractivity contribution >= 4 is 18.0 Å². The third-order valence-corrected chi connectivity index (χ3v) is 5.41. The van der Waals surface area contributed by atoms with Crippen LogP contribution in [0.25, 0.3) is 11.1 Å². The van der Waals surface area contributed by atoms with Crippen molar-refractivity contribution in [3.05, 3.63) is 59.7 Å². The van der Waals surface area contributed by atoms with Gasteiger partial charge in [-0.3, -0.25) is 4.79 Å². The number of carboxylic acid groups (broad SMARTS) is 1. The summed E-state index contributed by atoms with van der Waals surface area (Å²) in [5.74, 6) is -1.76. The topological polar surface area (TPSA) is 125 Å². The third kappa shape index (κ3) is 5.64. The van der Waals surface area contributed by atoms with Gasteiger partial charge in [0, 0.05) is 30.8 Å². The van der Waals surface area contributed by atoms with E-state index in [0.29, 0.717) is 0 Å². The van der Waals surface area contributed by atoms with Crippen LogP contribution in [-0.4, -0.2) is 53.0 Å². The lowest BCUT2D eigenvalue weighted by molar-refractivity contribution is -0.147. The second kappa shape index (κ2) is 9.82. The monoisotopic (exact) mass is 440 g/mol. The summed E-state index contributed by atoms with van der Waals surface area (Å²) in [7, 11) is 0. The van der Waals surface area contributed by atoms with Crippen LogP contribution < -0.4 is 10.6 Å². The second-order valence-electron chi connectivity index (χ2n) is 8.50. The Labute approximate surface area is 186 Å². The van der Waals surface area contributed by atoms with E-state index in [1.54, 1.807) is 13.8 Å². The predicted octanol–water partition coefficient (Wildman–Crippen LogP) is 2.65. The van der Waals surface area contributed by atoms with Crippen LogP contribution in [0, 0.1) is 0 Å². The molecule has 1 atom stereocenters. The number of carbonyl (C=O) groups excluding carboxylic acids is 2. The summed E-state index contributed by atoms with van der Waals surface area (Å²) in [5.41, 5.74) is 3.63. The Bertz CT molecular complexity index is 958. The minimum absolute atomic E-state index is 0.0212. The molecule has 2 aromatic carbocycles. The van der Waals surface area contributed by atoms with E-state index < -0.39 is 23.7 Å². The molecule has 1 aliphatic rings. The number of ether oxygens (including phenoxy) is 1. The molecule has 1 aliphatic carbocycles. The summed E-state index contributed by atoms with van der Waals surface area (Å²) in [6, 6.07) is 16.1. The van der Waals surface area contributed by atoms with Gasteiger partial charge in [0.15, 0.2) is 6.10 Å². The highest BCUT2D eigenvalue weighted by atomic mass is 16.5. The standard InChI is InChI=1S/C24H28N2O6/c1-24(2,13-21(28)25-12-11-20(27)22(29)30)26-23(31)32-14-19-17-9-5-3-7-15(17)16-8-4-6-10-18(16)19/h3-10,19-20,27H,11-14H2,1-2H3,(H,25,28)(H,26,31)(H,29,30). The highest BCUT2D eigenvalue weighted by Crippen LogP contribution is 2.44. The molecule has 32 heavy (non-hydrogen) atoms. The van der Waals surface area contributed by atoms with Crippen LogP contribution >= 0.6 is 0 Å². The van der Waals surface area contributed by atoms with Crippen molar-refractivity contribution in [2.45, 2.75) is 44.2 Å². The predicted molar refractivity (Wildman–Crippen MR) is 118 cm³/mol. The average molecular weight is 440 g/mol. The zero-order valence-electron chi connectivity index (χ0n) is 18.1. The molecule has 8 nitrogen and oxygen atoms in total. The molecule has 0 saturated carbocycles. The molecule has 4 N–H and O–H groups in total. The smallest absolute Gasteiger partial charge is 0.407 e. The summed E-state index contributed by atoms with van der Waals surface area (Å²) < 4.78 is 5.52. The maximum Gasteiger partial charge on any atom is 0.407 e. The molecule has 0 saturated heterocycles. The maximum atomic E-state index is 12.4. The fraction of sp³-hybridized carbons (Fsp3) is 0.375. The molecule has 0 fully saturated rings. The van der Waals surface area contributed by atoms with Crippen molar-refractivity contribution in [2.75, 3.05) is 13.2 Å². The van der Waals surface area contributed by atoms with Gasteiger partial charge in [-0.15, -0.1) is 0 Å². The van der Waals surface area contributed by atoms with Crippen molar-refractivity contribution in [1.82, 2.24) is 10.6 Å². The number of carboxylic acids is 1. The summed E-state index contributed by atoms with van der Waals surface area (Å²) in [6.07, 6.45) is -2.27. The number of fused-ring (bicyclic) bond motifs is 3. The van der Waals surface area contributed by atoms with Gasteiger partial charge < -0.3 is 25.6 Å². The number of hydrogen-bond donors (Lipinski definition) is 4. The number of nitrogens with one attached hydrogen (secondary N) is 2. The fourth-order valence-corrected chi connectivity index (χ4v) is 3.89. The molecule has 0 aromatic heterocycles. The van der Waals surface area contributed by atoms with Crippen LogP contribution in [0.1, 0.15) is 43.7 Å². The van der Waals surface area contributed by atoms with E-state index in [1.807, 2.05) is 36.4 Å². The van der Waals surface area contributed by atoms with Crippen LogP contribution in [-0.2, 0) is 14.3 Å². The summed E-state index contributed by atoms with van der Waals surface area (Å²) in [6.45, 7) is 3.59. The molecule has 8 heteroatoms. The molecule has 0 heterocycles. The lowest BCUT2D eigenvalue weighted by Crippen LogP contribution is -2.47. The van der Waals surface area contributed by atoms with Gasteiger partial charge in [-0.2, -0.15) is 0 Å². The Hall–Kier alpha value is -3.39. The van der Waals surface area contributed by atoms with Crippen LogP contribution in [0.4, 0.5) is 4.79 Å². The molecule has 3 rings (SSSR count). The first kappa shape index (κ1) is 23.3. The molecular formula is C24H28N2O6. The number of rotatable bonds is 9. The second-order valence-corrected chi connectivity index (χ2v) is 8.50. The summed E-state index contributed by atoms with van der Waals surface area (Å²) in [5, 5.41) is 23.1. The van der Waals surface area contributed by atoms with Crippen LogP contribution in [0.5, 0.6) is 0 Å². The molecule has 0 radical (unpaired) electrons. The zero-order chi connectivity index (χ0) is 23.3. The first-order chi connectivity index (χ1) is 15.2. The maximum absolute atomic E-state index is 12.4. The van der Waals surface area contributed by atoms with Crippen LogP contribution in [0.2, 0.25) is 0 Å². The van der Waals surface area contributed by atoms with Gasteiger partial charge in [0.2, 0.25) is 5.91 Å². The number of amides is 2. The van der Waals surface area contributed by atoms with Crippen molar-refractivity contribution in [3.63, 3.8) is 0 Å². The average Bonchev–Trinajstić information content (AvgIpc) is 3.05. The van der Waals surface area contributed by atoms with Crippen LogP contribution in [0.15, 0.2) is 48.5 Å². The molecule has 0 spiro atoms. The Kier molecular flexibility index (Phi) is 7.15. The number of benzene rings is 2. The molecule has 170 valence electrons. The van der Waals surface area contributed by atoms with E-state index in [1.165, 1.54) is 0 Å². The first-order valence-corrected chi connectivity index (χ1v) is 10.5. The lowest BCUT2D eigenvalue weighted by atomic mass is 9.98. The third-order valence-electron chi connectivity index (χ3n) is 5.41. The van der Waals surface area contributed by atoms with Crippen molar-refractivity contribution < 1.29 is 29.3 Å². The van der Waals surface area contributed by atoms with E-state index in [0.717, 1.165) is 22.3 Å². The zero-order valence-corrected chi connectivity index (χ0v) is 18.1. The van der Waals surface area contributed by atoms with Gasteiger partial charge in [0.1, 0.15) is 6.61 Å². The van der Waals surface area contributed by atoms with E-state index in [9.17, 15) is 19.5 Å². The van der Waals surface area contributed by atoms with Gasteiger partial charge in [0.25, 0.3) is 0 Å². The van der Waals surface area contributed by atoms with E-state index in [2.05, 4.69) is 22.8 Å². The molecular weight excluding hydrogens is 412 g/mol. The van der Waals surface area contributed by atoms with Gasteiger partial charge in [-0.25, -0.2) is 9.59 Å². The summed E-state index contributed by atoms with van der Waals surface area (Å²) >= 11 is 0. The molecule has 0 bridgehead atoms. The van der Waals surface area contributed by atoms with Gasteiger partial charge in [-0.05, 0) is 36.1 Å². The van der Waals surface area contributed by atoms with Crippen molar-refractivity contribution in [1.29, 1.82) is 0 Å². The Morgan fingerprint density at radius 3 is 2.16 bits per heavy atom. The van der Waals surface area contributed by atoms with Gasteiger partial charge in [-0.1, -0.05) is 48.5 Å². The Balaban J connectivity index is 1.51. The molecule has 2 aromatic rings. The minimum Gasteiger partial charge on any atom is -0.479 e. The Morgan fingerprint density at radius 2 is 1.59 bits per heavy atom. The molecule has 1 unspecified atom stereocenters. The van der Waals surface area contributed by atoms with Gasteiger partial charge in [0.05, 0.1) is 0 Å². The van der Waals surface area contributed by atoms with Crippen LogP contribution in [0.3, 0.4) is 0 Å². The summed E-state index contributed by atoms with van der Waals surface area (Å²) in [4.78, 5) is 35.1. The number of aliphatic carboxylic acids is 1.